The van der Waals surface area contributed by atoms with Crippen LogP contribution in [-0.2, 0) is 4.79 Å². The molecule has 1 aliphatic rings. The third-order valence-corrected chi connectivity index (χ3v) is 4.55. The summed E-state index contributed by atoms with van der Waals surface area (Å²) in [5.41, 5.74) is 0.583. The minimum absolute atomic E-state index is 0.0931. The molecule has 4 rings (SSSR count). The lowest BCUT2D eigenvalue weighted by atomic mass is 10.0. The van der Waals surface area contributed by atoms with Crippen LogP contribution < -0.4 is 9.64 Å². The second kappa shape index (κ2) is 7.51. The Hall–Kier alpha value is -4.46. The highest BCUT2D eigenvalue weighted by atomic mass is 16.6. The second-order valence-electron chi connectivity index (χ2n) is 6.37. The number of carbonyl (C=O) groups excluding carboxylic acids is 2. The average Bonchev–Trinajstić information content (AvgIpc) is 3.05. The Kier molecular flexibility index (Phi) is 4.73. The molecule has 30 heavy (non-hydrogen) atoms. The van der Waals surface area contributed by atoms with Crippen LogP contribution in [0, 0.1) is 10.1 Å². The third-order valence-electron chi connectivity index (χ3n) is 4.55. The summed E-state index contributed by atoms with van der Waals surface area (Å²) in [7, 11) is 0. The number of imide groups is 1. The molecule has 1 N–H and O–H groups in total. The van der Waals surface area contributed by atoms with Gasteiger partial charge >= 0.3 is 6.09 Å². The predicted octanol–water partition coefficient (Wildman–Crippen LogP) is 4.57. The summed E-state index contributed by atoms with van der Waals surface area (Å²) in [6, 6.07) is 19.9. The van der Waals surface area contributed by atoms with Crippen molar-refractivity contribution < 1.29 is 24.4 Å². The monoisotopic (exact) mass is 402 g/mol. The van der Waals surface area contributed by atoms with Crippen molar-refractivity contribution in [3.63, 3.8) is 0 Å². The number of aliphatic hydroxyl groups is 1. The number of hydrogen-bond acceptors (Lipinski definition) is 6. The molecule has 148 valence electrons. The standard InChI is InChI=1S/C22H14N2O6/c25-20(14-10-12-15(13-11-14)24(28)29)19-17-8-4-5-9-18(17)23(21(19)26)22(27)30-16-6-2-1-3-7-16/h1-13,25H/b20-19+. The Balaban J connectivity index is 1.75. The summed E-state index contributed by atoms with van der Waals surface area (Å²) in [6.45, 7) is 0. The van der Waals surface area contributed by atoms with E-state index >= 15 is 0 Å². The highest BCUT2D eigenvalue weighted by Crippen LogP contribution is 2.40. The van der Waals surface area contributed by atoms with Crippen LogP contribution in [0.25, 0.3) is 11.3 Å². The molecule has 0 aromatic heterocycles. The number of nitrogens with zero attached hydrogens (tertiary/aromatic N) is 2. The van der Waals surface area contributed by atoms with Gasteiger partial charge in [-0.3, -0.25) is 14.9 Å². The van der Waals surface area contributed by atoms with Gasteiger partial charge in [-0.05, 0) is 30.3 Å². The predicted molar refractivity (Wildman–Crippen MR) is 109 cm³/mol. The number of ether oxygens (including phenoxy) is 1. The molecule has 1 aliphatic heterocycles. The van der Waals surface area contributed by atoms with Crippen molar-refractivity contribution >= 4 is 34.7 Å². The van der Waals surface area contributed by atoms with Crippen molar-refractivity contribution in [2.75, 3.05) is 4.90 Å². The first-order valence-electron chi connectivity index (χ1n) is 8.86. The number of rotatable bonds is 3. The van der Waals surface area contributed by atoms with Crippen LogP contribution in [0.4, 0.5) is 16.2 Å². The van der Waals surface area contributed by atoms with E-state index in [-0.39, 0.29) is 28.3 Å². The van der Waals surface area contributed by atoms with E-state index in [1.165, 1.54) is 24.3 Å². The van der Waals surface area contributed by atoms with Crippen molar-refractivity contribution in [2.24, 2.45) is 0 Å². The summed E-state index contributed by atoms with van der Waals surface area (Å²) in [6.07, 6.45) is -0.912. The molecule has 0 fully saturated rings. The fourth-order valence-electron chi connectivity index (χ4n) is 3.15. The molecule has 1 heterocycles. The maximum Gasteiger partial charge on any atom is 0.426 e. The summed E-state index contributed by atoms with van der Waals surface area (Å²) >= 11 is 0. The lowest BCUT2D eigenvalue weighted by Crippen LogP contribution is -2.36. The largest absolute Gasteiger partial charge is 0.506 e. The first kappa shape index (κ1) is 18.9. The maximum atomic E-state index is 13.1. The molecule has 2 amide bonds. The SMILES string of the molecule is O=C(Oc1ccccc1)N1C(=O)/C(=C(/O)c2ccc([N+](=O)[O-])cc2)c2ccccc21. The number of para-hydroxylation sites is 2. The quantitative estimate of drug-likeness (QED) is 0.297. The third kappa shape index (κ3) is 3.26. The Morgan fingerprint density at radius 2 is 1.57 bits per heavy atom. The molecule has 0 bridgehead atoms. The molecule has 8 nitrogen and oxygen atoms in total. The van der Waals surface area contributed by atoms with E-state index in [2.05, 4.69) is 0 Å². The summed E-state index contributed by atoms with van der Waals surface area (Å²) < 4.78 is 5.29. The number of non-ortho nitro benzene ring substituents is 1. The summed E-state index contributed by atoms with van der Waals surface area (Å²) in [4.78, 5) is 36.9. The average molecular weight is 402 g/mol. The number of nitro benzene ring substituents is 1. The van der Waals surface area contributed by atoms with Gasteiger partial charge in [0.1, 0.15) is 11.5 Å². The van der Waals surface area contributed by atoms with Gasteiger partial charge in [-0.2, -0.15) is 0 Å². The number of amides is 2. The van der Waals surface area contributed by atoms with Crippen LogP contribution >= 0.6 is 0 Å². The van der Waals surface area contributed by atoms with Crippen molar-refractivity contribution in [2.45, 2.75) is 0 Å². The number of anilines is 1. The Morgan fingerprint density at radius 3 is 2.23 bits per heavy atom. The lowest BCUT2D eigenvalue weighted by Gasteiger charge is -2.14. The van der Waals surface area contributed by atoms with Gasteiger partial charge in [0, 0.05) is 23.3 Å². The van der Waals surface area contributed by atoms with Gasteiger partial charge in [0.15, 0.2) is 0 Å². The van der Waals surface area contributed by atoms with Gasteiger partial charge in [0.2, 0.25) is 0 Å². The minimum atomic E-state index is -0.912. The maximum absolute atomic E-state index is 13.1. The molecule has 0 saturated carbocycles. The van der Waals surface area contributed by atoms with Crippen molar-refractivity contribution in [3.8, 4) is 5.75 Å². The molecule has 3 aromatic rings. The van der Waals surface area contributed by atoms with Gasteiger partial charge in [0.25, 0.3) is 11.6 Å². The molecule has 0 unspecified atom stereocenters. The number of fused-ring (bicyclic) bond motifs is 1. The zero-order chi connectivity index (χ0) is 21.3. The highest BCUT2D eigenvalue weighted by molar-refractivity contribution is 6.42. The Bertz CT molecular complexity index is 1190. The second-order valence-corrected chi connectivity index (χ2v) is 6.37. The summed E-state index contributed by atoms with van der Waals surface area (Å²) in [5.74, 6) is -0.879. The molecular formula is C22H14N2O6. The van der Waals surface area contributed by atoms with E-state index in [0.717, 1.165) is 4.90 Å². The molecule has 0 saturated heterocycles. The minimum Gasteiger partial charge on any atom is -0.506 e. The molecule has 3 aromatic carbocycles. The first-order chi connectivity index (χ1) is 14.5. The fraction of sp³-hybridized carbons (Fsp3) is 0. The normalized spacial score (nSPS) is 14.3. The van der Waals surface area contributed by atoms with Crippen LogP contribution in [0.1, 0.15) is 11.1 Å². The number of nitro groups is 1. The van der Waals surface area contributed by atoms with Crippen LogP contribution in [0.3, 0.4) is 0 Å². The van der Waals surface area contributed by atoms with E-state index in [9.17, 15) is 24.8 Å². The van der Waals surface area contributed by atoms with Crippen LogP contribution in [0.15, 0.2) is 78.9 Å². The number of hydrogen-bond donors (Lipinski definition) is 1. The van der Waals surface area contributed by atoms with Crippen molar-refractivity contribution in [3.05, 3.63) is 100 Å². The number of aliphatic hydroxyl groups excluding tert-OH is 1. The molecule has 0 aliphatic carbocycles. The van der Waals surface area contributed by atoms with Crippen LogP contribution in [0.2, 0.25) is 0 Å². The van der Waals surface area contributed by atoms with Gasteiger partial charge in [-0.25, -0.2) is 9.69 Å². The zero-order valence-electron chi connectivity index (χ0n) is 15.4. The van der Waals surface area contributed by atoms with Gasteiger partial charge in [0.05, 0.1) is 16.2 Å². The highest BCUT2D eigenvalue weighted by Gasteiger charge is 2.40. The van der Waals surface area contributed by atoms with Crippen LogP contribution in [-0.4, -0.2) is 22.0 Å². The molecule has 8 heteroatoms. The fourth-order valence-corrected chi connectivity index (χ4v) is 3.15. The van der Waals surface area contributed by atoms with E-state index in [1.807, 2.05) is 0 Å². The smallest absolute Gasteiger partial charge is 0.426 e. The summed E-state index contributed by atoms with van der Waals surface area (Å²) in [5, 5.41) is 21.6. The van der Waals surface area contributed by atoms with E-state index in [0.29, 0.717) is 5.56 Å². The molecular weight excluding hydrogens is 388 g/mol. The zero-order valence-corrected chi connectivity index (χ0v) is 15.4. The van der Waals surface area contributed by atoms with E-state index in [4.69, 9.17) is 4.74 Å². The molecule has 0 radical (unpaired) electrons. The lowest BCUT2D eigenvalue weighted by molar-refractivity contribution is -0.384. The topological polar surface area (TPSA) is 110 Å². The van der Waals surface area contributed by atoms with Crippen molar-refractivity contribution in [1.82, 2.24) is 0 Å². The van der Waals surface area contributed by atoms with E-state index < -0.39 is 22.7 Å². The molecule has 0 spiro atoms. The number of carbonyl (C=O) groups is 2. The van der Waals surface area contributed by atoms with Crippen molar-refractivity contribution in [1.29, 1.82) is 0 Å². The van der Waals surface area contributed by atoms with Gasteiger partial charge in [-0.1, -0.05) is 36.4 Å². The molecule has 0 atom stereocenters. The first-order valence-corrected chi connectivity index (χ1v) is 8.86. The Labute approximate surface area is 170 Å². The van der Waals surface area contributed by atoms with Gasteiger partial charge in [-0.15, -0.1) is 0 Å². The van der Waals surface area contributed by atoms with Gasteiger partial charge < -0.3 is 9.84 Å². The van der Waals surface area contributed by atoms with Crippen LogP contribution in [0.5, 0.6) is 5.75 Å². The number of benzene rings is 3. The Morgan fingerprint density at radius 1 is 0.933 bits per heavy atom. The van der Waals surface area contributed by atoms with E-state index in [1.54, 1.807) is 54.6 Å².